The lowest BCUT2D eigenvalue weighted by Gasteiger charge is -2.12. The van der Waals surface area contributed by atoms with Gasteiger partial charge in [-0.3, -0.25) is 9.59 Å². The zero-order chi connectivity index (χ0) is 20.4. The Morgan fingerprint density at radius 1 is 0.897 bits per heavy atom. The molecule has 1 amide bonds. The topological polar surface area (TPSA) is 62.0 Å². The molecule has 0 saturated carbocycles. The van der Waals surface area contributed by atoms with E-state index in [9.17, 15) is 9.59 Å². The van der Waals surface area contributed by atoms with Crippen LogP contribution in [-0.4, -0.2) is 16.7 Å². The second-order valence-corrected chi connectivity index (χ2v) is 7.40. The van der Waals surface area contributed by atoms with Crippen LogP contribution in [0.3, 0.4) is 0 Å². The van der Waals surface area contributed by atoms with Gasteiger partial charge in [-0.25, -0.2) is 0 Å². The van der Waals surface area contributed by atoms with Crippen LogP contribution in [0.15, 0.2) is 78.9 Å². The van der Waals surface area contributed by atoms with Crippen molar-refractivity contribution in [1.82, 2.24) is 4.98 Å². The average molecular weight is 423 g/mol. The first kappa shape index (κ1) is 19.2. The number of halogens is 2. The number of rotatable bonds is 5. The molecule has 0 spiro atoms. The van der Waals surface area contributed by atoms with Crippen LogP contribution in [0.4, 0.5) is 5.69 Å². The maximum absolute atomic E-state index is 13.1. The van der Waals surface area contributed by atoms with Crippen molar-refractivity contribution < 1.29 is 9.59 Å². The zero-order valence-corrected chi connectivity index (χ0v) is 16.7. The summed E-state index contributed by atoms with van der Waals surface area (Å²) in [6.45, 7) is 0. The number of hydrogen-bond donors (Lipinski definition) is 2. The molecule has 1 aromatic heterocycles. The van der Waals surface area contributed by atoms with Crippen LogP contribution in [0.5, 0.6) is 0 Å². The molecule has 2 N–H and O–H groups in total. The number of anilines is 1. The molecule has 4 rings (SSSR count). The smallest absolute Gasteiger partial charge is 0.247 e. The summed E-state index contributed by atoms with van der Waals surface area (Å²) < 4.78 is 0. The number of H-pyrrole nitrogens is 1. The number of nitrogens with one attached hydrogen (secondary N) is 2. The van der Waals surface area contributed by atoms with E-state index in [2.05, 4.69) is 10.3 Å². The summed E-state index contributed by atoms with van der Waals surface area (Å²) in [5, 5.41) is 3.14. The molecule has 0 saturated heterocycles. The van der Waals surface area contributed by atoms with Crippen molar-refractivity contribution in [3.63, 3.8) is 0 Å². The van der Waals surface area contributed by atoms with Crippen LogP contribution in [0, 0.1) is 0 Å². The summed E-state index contributed by atoms with van der Waals surface area (Å²) >= 11 is 12.5. The summed E-state index contributed by atoms with van der Waals surface area (Å²) in [6.07, 6.45) is 0. The molecule has 144 valence electrons. The third kappa shape index (κ3) is 3.90. The van der Waals surface area contributed by atoms with Gasteiger partial charge >= 0.3 is 0 Å². The number of carbonyl (C=O) groups is 2. The maximum atomic E-state index is 13.1. The molecule has 0 radical (unpaired) electrons. The van der Waals surface area contributed by atoms with Crippen LogP contribution in [-0.2, 0) is 4.79 Å². The molecule has 1 heterocycles. The minimum Gasteiger partial charge on any atom is -0.350 e. The quantitative estimate of drug-likeness (QED) is 0.307. The van der Waals surface area contributed by atoms with Gasteiger partial charge in [-0.2, -0.15) is 0 Å². The Hall–Kier alpha value is -3.08. The number of alkyl halides is 1. The number of aromatic amines is 1. The van der Waals surface area contributed by atoms with E-state index in [1.807, 2.05) is 24.3 Å². The summed E-state index contributed by atoms with van der Waals surface area (Å²) in [6, 6.07) is 23.1. The van der Waals surface area contributed by atoms with Gasteiger partial charge in [0.2, 0.25) is 11.7 Å². The van der Waals surface area contributed by atoms with Crippen molar-refractivity contribution in [2.75, 3.05) is 5.32 Å². The first-order valence-electron chi connectivity index (χ1n) is 8.95. The van der Waals surface area contributed by atoms with Gasteiger partial charge in [0.25, 0.3) is 0 Å². The van der Waals surface area contributed by atoms with E-state index in [1.165, 1.54) is 0 Å². The highest BCUT2D eigenvalue weighted by Gasteiger charge is 2.24. The van der Waals surface area contributed by atoms with Gasteiger partial charge in [0.1, 0.15) is 11.1 Å². The number of aromatic nitrogens is 1. The fraction of sp³-hybridized carbons (Fsp3) is 0.0435. The molecule has 0 aliphatic heterocycles. The van der Waals surface area contributed by atoms with Crippen LogP contribution in [0.1, 0.15) is 27.0 Å². The van der Waals surface area contributed by atoms with Crippen molar-refractivity contribution in [2.24, 2.45) is 0 Å². The number of carbonyl (C=O) groups excluding carboxylic acids is 2. The van der Waals surface area contributed by atoms with Crippen LogP contribution in [0.2, 0.25) is 5.02 Å². The van der Waals surface area contributed by atoms with Crippen molar-refractivity contribution in [2.45, 2.75) is 5.38 Å². The van der Waals surface area contributed by atoms with E-state index in [0.717, 1.165) is 0 Å². The van der Waals surface area contributed by atoms with Crippen LogP contribution >= 0.6 is 23.2 Å². The van der Waals surface area contributed by atoms with E-state index < -0.39 is 11.3 Å². The van der Waals surface area contributed by atoms with E-state index in [-0.39, 0.29) is 11.5 Å². The largest absolute Gasteiger partial charge is 0.350 e. The number of hydrogen-bond acceptors (Lipinski definition) is 2. The summed E-state index contributed by atoms with van der Waals surface area (Å²) in [5.74, 6) is -0.658. The molecular formula is C23H16Cl2N2O2. The van der Waals surface area contributed by atoms with Crippen molar-refractivity contribution >= 4 is 51.5 Å². The molecule has 0 bridgehead atoms. The fourth-order valence-electron chi connectivity index (χ4n) is 3.16. The predicted molar refractivity (Wildman–Crippen MR) is 117 cm³/mol. The standard InChI is InChI=1S/C23H16Cl2N2O2/c24-16-11-12-17-18(13-16)26-21(22(28)15-9-5-2-6-10-15)20(17)27-23(29)19(25)14-7-3-1-4-8-14/h1-13,19,26H,(H,27,29). The highest BCUT2D eigenvalue weighted by molar-refractivity contribution is 6.34. The Balaban J connectivity index is 1.76. The SMILES string of the molecule is O=C(c1ccccc1)c1[nH]c2cc(Cl)ccc2c1NC(=O)C(Cl)c1ccccc1. The molecule has 3 aromatic carbocycles. The summed E-state index contributed by atoms with van der Waals surface area (Å²) in [5.41, 5.74) is 2.49. The van der Waals surface area contributed by atoms with Crippen molar-refractivity contribution in [3.8, 4) is 0 Å². The van der Waals surface area contributed by atoms with E-state index in [4.69, 9.17) is 23.2 Å². The maximum Gasteiger partial charge on any atom is 0.247 e. The van der Waals surface area contributed by atoms with Gasteiger partial charge in [0.05, 0.1) is 5.69 Å². The lowest BCUT2D eigenvalue weighted by molar-refractivity contribution is -0.116. The lowest BCUT2D eigenvalue weighted by atomic mass is 10.1. The molecule has 1 unspecified atom stereocenters. The van der Waals surface area contributed by atoms with E-state index in [0.29, 0.717) is 32.7 Å². The second-order valence-electron chi connectivity index (χ2n) is 6.52. The molecule has 6 heteroatoms. The van der Waals surface area contributed by atoms with Gasteiger partial charge in [-0.05, 0) is 23.8 Å². The minimum absolute atomic E-state index is 0.237. The average Bonchev–Trinajstić information content (AvgIpc) is 3.11. The Bertz CT molecular complexity index is 1190. The lowest BCUT2D eigenvalue weighted by Crippen LogP contribution is -2.19. The summed E-state index contributed by atoms with van der Waals surface area (Å²) in [7, 11) is 0. The molecule has 1 atom stereocenters. The Labute approximate surface area is 177 Å². The van der Waals surface area contributed by atoms with Gasteiger partial charge in [0, 0.05) is 21.5 Å². The molecule has 0 fully saturated rings. The second kappa shape index (κ2) is 8.11. The Morgan fingerprint density at radius 3 is 2.24 bits per heavy atom. The van der Waals surface area contributed by atoms with Crippen LogP contribution < -0.4 is 5.32 Å². The van der Waals surface area contributed by atoms with Gasteiger partial charge in [-0.1, -0.05) is 72.3 Å². The van der Waals surface area contributed by atoms with Crippen molar-refractivity contribution in [1.29, 1.82) is 0 Å². The van der Waals surface area contributed by atoms with Crippen molar-refractivity contribution in [3.05, 3.63) is 101 Å². The molecule has 29 heavy (non-hydrogen) atoms. The fourth-order valence-corrected chi connectivity index (χ4v) is 3.54. The number of amides is 1. The number of ketones is 1. The Morgan fingerprint density at radius 2 is 1.55 bits per heavy atom. The van der Waals surface area contributed by atoms with E-state index in [1.54, 1.807) is 54.6 Å². The predicted octanol–water partition coefficient (Wildman–Crippen LogP) is 5.97. The zero-order valence-electron chi connectivity index (χ0n) is 15.2. The first-order valence-corrected chi connectivity index (χ1v) is 9.77. The molecular weight excluding hydrogens is 407 g/mol. The molecule has 4 nitrogen and oxygen atoms in total. The Kier molecular flexibility index (Phi) is 5.38. The molecule has 0 aliphatic carbocycles. The third-order valence-corrected chi connectivity index (χ3v) is 5.28. The monoisotopic (exact) mass is 422 g/mol. The third-order valence-electron chi connectivity index (χ3n) is 4.59. The first-order chi connectivity index (χ1) is 14.0. The molecule has 4 aromatic rings. The minimum atomic E-state index is -0.895. The number of benzene rings is 3. The highest BCUT2D eigenvalue weighted by Crippen LogP contribution is 2.33. The number of fused-ring (bicyclic) bond motifs is 1. The van der Waals surface area contributed by atoms with E-state index >= 15 is 0 Å². The highest BCUT2D eigenvalue weighted by atomic mass is 35.5. The van der Waals surface area contributed by atoms with Gasteiger partial charge in [-0.15, -0.1) is 11.6 Å². The van der Waals surface area contributed by atoms with Gasteiger partial charge < -0.3 is 10.3 Å². The normalized spacial score (nSPS) is 11.9. The summed E-state index contributed by atoms with van der Waals surface area (Å²) in [4.78, 5) is 29.0. The van der Waals surface area contributed by atoms with Gasteiger partial charge in [0.15, 0.2) is 0 Å². The van der Waals surface area contributed by atoms with Crippen LogP contribution in [0.25, 0.3) is 10.9 Å². The molecule has 0 aliphatic rings.